The molecule has 29 heavy (non-hydrogen) atoms. The van der Waals surface area contributed by atoms with Gasteiger partial charge in [-0.05, 0) is 37.1 Å². The highest BCUT2D eigenvalue weighted by molar-refractivity contribution is 5.74. The van der Waals surface area contributed by atoms with Crippen molar-refractivity contribution in [2.45, 2.75) is 12.8 Å². The summed E-state index contributed by atoms with van der Waals surface area (Å²) in [5.41, 5.74) is 2.84. The number of nitrogens with one attached hydrogen (secondary N) is 1. The molecule has 3 aromatic heterocycles. The van der Waals surface area contributed by atoms with Gasteiger partial charge < -0.3 is 20.2 Å². The van der Waals surface area contributed by atoms with Crippen molar-refractivity contribution < 1.29 is 5.11 Å². The summed E-state index contributed by atoms with van der Waals surface area (Å²) in [4.78, 5) is 21.3. The van der Waals surface area contributed by atoms with Crippen LogP contribution in [0.25, 0.3) is 11.3 Å². The zero-order chi connectivity index (χ0) is 20.2. The van der Waals surface area contributed by atoms with Crippen LogP contribution in [-0.2, 0) is 0 Å². The van der Waals surface area contributed by atoms with Crippen LogP contribution < -0.4 is 15.1 Å². The Bertz CT molecular complexity index is 1010. The van der Waals surface area contributed by atoms with Gasteiger partial charge in [-0.15, -0.1) is 0 Å². The number of nitrogens with zero attached hydrogens (tertiary/aromatic N) is 6. The standard InChI is InChI=1S/C21H23N7O/c1-15(25-19-12-20(29)24-14-23-19)28-11-4-3-10-27(2)18-8-7-17(26-21(18)28)16-6-5-9-22-13-16/h5-9,12-14H,1,3-4,10-11H2,2H3,(H2,23,24,25,29). The van der Waals surface area contributed by atoms with Crippen LogP contribution in [0.5, 0.6) is 5.88 Å². The highest BCUT2D eigenvalue weighted by Gasteiger charge is 2.22. The molecule has 0 unspecified atom stereocenters. The third-order valence-electron chi connectivity index (χ3n) is 4.85. The molecular formula is C21H23N7O. The van der Waals surface area contributed by atoms with Crippen molar-refractivity contribution in [3.05, 3.63) is 61.5 Å². The molecule has 3 aromatic rings. The van der Waals surface area contributed by atoms with E-state index in [1.807, 2.05) is 24.4 Å². The van der Waals surface area contributed by atoms with Crippen molar-refractivity contribution in [1.29, 1.82) is 0 Å². The lowest BCUT2D eigenvalue weighted by molar-refractivity contribution is 0.452. The number of fused-ring (bicyclic) bond motifs is 1. The number of anilines is 3. The second-order valence-electron chi connectivity index (χ2n) is 6.89. The van der Waals surface area contributed by atoms with E-state index in [1.165, 1.54) is 12.4 Å². The maximum absolute atomic E-state index is 9.61. The molecule has 2 N–H and O–H groups in total. The van der Waals surface area contributed by atoms with Crippen LogP contribution in [0.2, 0.25) is 0 Å². The number of aromatic hydroxyl groups is 1. The molecule has 0 aromatic carbocycles. The fourth-order valence-corrected chi connectivity index (χ4v) is 3.35. The zero-order valence-electron chi connectivity index (χ0n) is 16.3. The Kier molecular flexibility index (Phi) is 5.24. The lowest BCUT2D eigenvalue weighted by Crippen LogP contribution is -2.33. The number of hydrogen-bond acceptors (Lipinski definition) is 8. The topological polar surface area (TPSA) is 90.3 Å². The molecule has 148 valence electrons. The maximum Gasteiger partial charge on any atom is 0.215 e. The Morgan fingerprint density at radius 1 is 1.17 bits per heavy atom. The summed E-state index contributed by atoms with van der Waals surface area (Å²) >= 11 is 0. The third kappa shape index (κ3) is 4.11. The van der Waals surface area contributed by atoms with Crippen LogP contribution in [0.4, 0.5) is 17.3 Å². The van der Waals surface area contributed by atoms with Gasteiger partial charge in [-0.25, -0.2) is 15.0 Å². The van der Waals surface area contributed by atoms with Crippen LogP contribution in [0.3, 0.4) is 0 Å². The van der Waals surface area contributed by atoms with Gasteiger partial charge in [-0.3, -0.25) is 4.98 Å². The average Bonchev–Trinajstić information content (AvgIpc) is 2.72. The van der Waals surface area contributed by atoms with E-state index in [0.29, 0.717) is 11.6 Å². The number of aromatic nitrogens is 4. The number of rotatable bonds is 4. The molecule has 1 aliphatic heterocycles. The fraction of sp³-hybridized carbons (Fsp3) is 0.238. The highest BCUT2D eigenvalue weighted by Crippen LogP contribution is 2.34. The molecule has 0 bridgehead atoms. The third-order valence-corrected chi connectivity index (χ3v) is 4.85. The molecule has 0 amide bonds. The van der Waals surface area contributed by atoms with Crippen LogP contribution in [0.1, 0.15) is 12.8 Å². The summed E-state index contributed by atoms with van der Waals surface area (Å²) in [5.74, 6) is 1.84. The van der Waals surface area contributed by atoms with E-state index in [-0.39, 0.29) is 5.88 Å². The average molecular weight is 389 g/mol. The van der Waals surface area contributed by atoms with Gasteiger partial charge in [0.15, 0.2) is 5.82 Å². The molecule has 8 nitrogen and oxygen atoms in total. The predicted molar refractivity (Wildman–Crippen MR) is 114 cm³/mol. The van der Waals surface area contributed by atoms with Crippen molar-refractivity contribution >= 4 is 17.3 Å². The Morgan fingerprint density at radius 3 is 2.83 bits per heavy atom. The van der Waals surface area contributed by atoms with E-state index >= 15 is 0 Å². The van der Waals surface area contributed by atoms with Crippen LogP contribution in [0, 0.1) is 0 Å². The van der Waals surface area contributed by atoms with Crippen molar-refractivity contribution in [3.63, 3.8) is 0 Å². The van der Waals surface area contributed by atoms with Gasteiger partial charge in [-0.1, -0.05) is 6.58 Å². The molecule has 0 atom stereocenters. The molecule has 8 heteroatoms. The Labute approximate surface area is 169 Å². The summed E-state index contributed by atoms with van der Waals surface area (Å²) in [5, 5.41) is 12.8. The SMILES string of the molecule is C=C(Nc1cc(O)ncn1)N1CCCCN(C)c2ccc(-c3cccnc3)nc21. The lowest BCUT2D eigenvalue weighted by atomic mass is 10.1. The molecular weight excluding hydrogens is 366 g/mol. The normalized spacial score (nSPS) is 14.0. The zero-order valence-corrected chi connectivity index (χ0v) is 16.3. The summed E-state index contributed by atoms with van der Waals surface area (Å²) in [6.45, 7) is 5.94. The number of hydrogen-bond donors (Lipinski definition) is 2. The Morgan fingerprint density at radius 2 is 2.03 bits per heavy atom. The molecule has 1 aliphatic rings. The van der Waals surface area contributed by atoms with E-state index in [1.54, 1.807) is 6.20 Å². The minimum atomic E-state index is -0.0971. The van der Waals surface area contributed by atoms with Crippen LogP contribution in [-0.4, -0.2) is 45.2 Å². The van der Waals surface area contributed by atoms with Gasteiger partial charge in [-0.2, -0.15) is 0 Å². The first-order valence-corrected chi connectivity index (χ1v) is 9.49. The molecule has 0 saturated heterocycles. The summed E-state index contributed by atoms with van der Waals surface area (Å²) < 4.78 is 0. The number of pyridine rings is 2. The van der Waals surface area contributed by atoms with Crippen molar-refractivity contribution in [2.75, 3.05) is 35.3 Å². The van der Waals surface area contributed by atoms with Gasteiger partial charge in [0.1, 0.15) is 18.0 Å². The monoisotopic (exact) mass is 389 g/mol. The predicted octanol–water partition coefficient (Wildman–Crippen LogP) is 3.26. The Balaban J connectivity index is 1.72. The largest absolute Gasteiger partial charge is 0.493 e. The summed E-state index contributed by atoms with van der Waals surface area (Å²) in [6, 6.07) is 9.47. The van der Waals surface area contributed by atoms with E-state index in [4.69, 9.17) is 4.98 Å². The lowest BCUT2D eigenvalue weighted by Gasteiger charge is -2.33. The second kappa shape index (κ2) is 8.14. The second-order valence-corrected chi connectivity index (χ2v) is 6.89. The molecule has 4 rings (SSSR count). The van der Waals surface area contributed by atoms with Crippen molar-refractivity contribution in [3.8, 4) is 17.1 Å². The van der Waals surface area contributed by atoms with E-state index in [2.05, 4.69) is 49.8 Å². The molecule has 0 aliphatic carbocycles. The van der Waals surface area contributed by atoms with E-state index in [9.17, 15) is 5.11 Å². The van der Waals surface area contributed by atoms with Gasteiger partial charge in [0.05, 0.1) is 11.4 Å². The molecule has 0 spiro atoms. The van der Waals surface area contributed by atoms with E-state index in [0.717, 1.165) is 48.7 Å². The van der Waals surface area contributed by atoms with Gasteiger partial charge in [0.2, 0.25) is 5.88 Å². The van der Waals surface area contributed by atoms with Crippen molar-refractivity contribution in [2.24, 2.45) is 0 Å². The maximum atomic E-state index is 9.61. The first-order chi connectivity index (χ1) is 14.1. The Hall–Kier alpha value is -3.68. The van der Waals surface area contributed by atoms with Crippen molar-refractivity contribution in [1.82, 2.24) is 19.9 Å². The minimum Gasteiger partial charge on any atom is -0.493 e. The highest BCUT2D eigenvalue weighted by atomic mass is 16.3. The molecule has 0 saturated carbocycles. The summed E-state index contributed by atoms with van der Waals surface area (Å²) in [6.07, 6.45) is 6.93. The smallest absolute Gasteiger partial charge is 0.215 e. The first-order valence-electron chi connectivity index (χ1n) is 9.49. The molecule has 4 heterocycles. The van der Waals surface area contributed by atoms with E-state index < -0.39 is 0 Å². The first kappa shape index (κ1) is 18.7. The quantitative estimate of drug-likeness (QED) is 0.703. The van der Waals surface area contributed by atoms with Crippen LogP contribution in [0.15, 0.2) is 61.5 Å². The minimum absolute atomic E-state index is 0.0971. The van der Waals surface area contributed by atoms with Gasteiger partial charge in [0, 0.05) is 44.2 Å². The van der Waals surface area contributed by atoms with Gasteiger partial charge in [0.25, 0.3) is 0 Å². The fourth-order valence-electron chi connectivity index (χ4n) is 3.35. The van der Waals surface area contributed by atoms with Crippen LogP contribution >= 0.6 is 0 Å². The molecule has 0 radical (unpaired) electrons. The molecule has 0 fully saturated rings. The van der Waals surface area contributed by atoms with Gasteiger partial charge >= 0.3 is 0 Å². The summed E-state index contributed by atoms with van der Waals surface area (Å²) in [7, 11) is 2.08.